The number of nitrogens with zero attached hydrogens (tertiary/aromatic N) is 1. The summed E-state index contributed by atoms with van der Waals surface area (Å²) in [6.45, 7) is 1.21. The lowest BCUT2D eigenvalue weighted by atomic mass is 9.85. The maximum absolute atomic E-state index is 12.0. The molecule has 1 rings (SSSR count). The van der Waals surface area contributed by atoms with Gasteiger partial charge in [-0.25, -0.2) is 0 Å². The van der Waals surface area contributed by atoms with Crippen LogP contribution in [0.25, 0.3) is 0 Å². The Kier molecular flexibility index (Phi) is 5.60. The molecule has 2 unspecified atom stereocenters. The standard InChI is InChI=1S/C15H15NO4/c1-10(17)14(15(19)20-2)12(9-16)8-13(18)11-6-4-3-5-7-11/h3-7,12,14H,8H2,1-2H3. The third-order valence-corrected chi connectivity index (χ3v) is 2.96. The Bertz CT molecular complexity index is 545. The van der Waals surface area contributed by atoms with Crippen molar-refractivity contribution in [2.45, 2.75) is 13.3 Å². The fourth-order valence-electron chi connectivity index (χ4n) is 1.92. The molecule has 20 heavy (non-hydrogen) atoms. The number of carbonyl (C=O) groups is 3. The van der Waals surface area contributed by atoms with Crippen molar-refractivity contribution in [2.24, 2.45) is 11.8 Å². The number of Topliss-reactive ketones (excluding diaryl/α,β-unsaturated/α-hetero) is 2. The van der Waals surface area contributed by atoms with E-state index in [9.17, 15) is 14.4 Å². The highest BCUT2D eigenvalue weighted by Gasteiger charge is 2.35. The summed E-state index contributed by atoms with van der Waals surface area (Å²) in [4.78, 5) is 35.1. The minimum Gasteiger partial charge on any atom is -0.468 e. The highest BCUT2D eigenvalue weighted by molar-refractivity contribution is 6.01. The number of carbonyl (C=O) groups excluding carboxylic acids is 3. The van der Waals surface area contributed by atoms with E-state index in [0.29, 0.717) is 5.56 Å². The molecule has 0 bridgehead atoms. The molecule has 0 N–H and O–H groups in total. The number of esters is 1. The van der Waals surface area contributed by atoms with Crippen LogP contribution in [-0.4, -0.2) is 24.6 Å². The van der Waals surface area contributed by atoms with Crippen molar-refractivity contribution in [3.05, 3.63) is 35.9 Å². The second-order valence-corrected chi connectivity index (χ2v) is 4.34. The summed E-state index contributed by atoms with van der Waals surface area (Å²) >= 11 is 0. The molecule has 0 aliphatic heterocycles. The molecular formula is C15H15NO4. The van der Waals surface area contributed by atoms with Crippen molar-refractivity contribution < 1.29 is 19.1 Å². The van der Waals surface area contributed by atoms with E-state index in [1.165, 1.54) is 6.92 Å². The number of hydrogen-bond donors (Lipinski definition) is 0. The van der Waals surface area contributed by atoms with Gasteiger partial charge in [0.05, 0.1) is 19.1 Å². The summed E-state index contributed by atoms with van der Waals surface area (Å²) in [5.41, 5.74) is 0.444. The first-order chi connectivity index (χ1) is 9.51. The zero-order valence-corrected chi connectivity index (χ0v) is 11.3. The van der Waals surface area contributed by atoms with Crippen LogP contribution in [0.3, 0.4) is 0 Å². The summed E-state index contributed by atoms with van der Waals surface area (Å²) in [7, 11) is 1.14. The van der Waals surface area contributed by atoms with Crippen LogP contribution < -0.4 is 0 Å². The molecule has 0 aromatic heterocycles. The van der Waals surface area contributed by atoms with Crippen LogP contribution in [0.1, 0.15) is 23.7 Å². The molecule has 0 radical (unpaired) electrons. The summed E-state index contributed by atoms with van der Waals surface area (Å²) in [5.74, 6) is -3.80. The van der Waals surface area contributed by atoms with E-state index >= 15 is 0 Å². The van der Waals surface area contributed by atoms with Gasteiger partial charge in [0, 0.05) is 12.0 Å². The summed E-state index contributed by atoms with van der Waals surface area (Å²) < 4.78 is 4.52. The molecule has 0 saturated carbocycles. The third-order valence-electron chi connectivity index (χ3n) is 2.96. The lowest BCUT2D eigenvalue weighted by Gasteiger charge is -2.16. The van der Waals surface area contributed by atoms with Crippen molar-refractivity contribution >= 4 is 17.5 Å². The lowest BCUT2D eigenvalue weighted by molar-refractivity contribution is -0.150. The van der Waals surface area contributed by atoms with Crippen molar-refractivity contribution in [1.29, 1.82) is 5.26 Å². The number of benzene rings is 1. The molecule has 104 valence electrons. The Morgan fingerprint density at radius 2 is 1.85 bits per heavy atom. The van der Waals surface area contributed by atoms with Gasteiger partial charge in [-0.05, 0) is 6.92 Å². The maximum atomic E-state index is 12.0. The number of rotatable bonds is 6. The van der Waals surface area contributed by atoms with Gasteiger partial charge in [0.25, 0.3) is 0 Å². The summed E-state index contributed by atoms with van der Waals surface area (Å²) in [5, 5.41) is 9.12. The van der Waals surface area contributed by atoms with Crippen LogP contribution in [0.5, 0.6) is 0 Å². The molecule has 0 saturated heterocycles. The lowest BCUT2D eigenvalue weighted by Crippen LogP contribution is -2.31. The zero-order chi connectivity index (χ0) is 15.1. The molecule has 2 atom stereocenters. The Morgan fingerprint density at radius 1 is 1.25 bits per heavy atom. The third kappa shape index (κ3) is 3.75. The fourth-order valence-corrected chi connectivity index (χ4v) is 1.92. The van der Waals surface area contributed by atoms with Crippen LogP contribution >= 0.6 is 0 Å². The van der Waals surface area contributed by atoms with Gasteiger partial charge >= 0.3 is 5.97 Å². The maximum Gasteiger partial charge on any atom is 0.317 e. The fraction of sp³-hybridized carbons (Fsp3) is 0.333. The second kappa shape index (κ2) is 7.19. The van der Waals surface area contributed by atoms with E-state index in [1.807, 2.05) is 6.07 Å². The number of ketones is 2. The Morgan fingerprint density at radius 3 is 2.30 bits per heavy atom. The first kappa shape index (κ1) is 15.6. The Hall–Kier alpha value is -2.48. The van der Waals surface area contributed by atoms with E-state index in [0.717, 1.165) is 7.11 Å². The molecule has 0 heterocycles. The molecule has 5 nitrogen and oxygen atoms in total. The van der Waals surface area contributed by atoms with Gasteiger partial charge in [-0.15, -0.1) is 0 Å². The van der Waals surface area contributed by atoms with Crippen molar-refractivity contribution in [1.82, 2.24) is 0 Å². The number of methoxy groups -OCH3 is 1. The largest absolute Gasteiger partial charge is 0.468 e. The minimum absolute atomic E-state index is 0.195. The zero-order valence-electron chi connectivity index (χ0n) is 11.3. The molecule has 5 heteroatoms. The predicted octanol–water partition coefficient (Wildman–Crippen LogP) is 1.78. The second-order valence-electron chi connectivity index (χ2n) is 4.34. The molecule has 0 aliphatic carbocycles. The molecular weight excluding hydrogens is 258 g/mol. The monoisotopic (exact) mass is 273 g/mol. The van der Waals surface area contributed by atoms with E-state index in [-0.39, 0.29) is 12.2 Å². The minimum atomic E-state index is -1.22. The highest BCUT2D eigenvalue weighted by Crippen LogP contribution is 2.20. The van der Waals surface area contributed by atoms with Gasteiger partial charge in [-0.1, -0.05) is 30.3 Å². The first-order valence-electron chi connectivity index (χ1n) is 6.07. The Balaban J connectivity index is 2.91. The van der Waals surface area contributed by atoms with Gasteiger partial charge in [-0.3, -0.25) is 14.4 Å². The van der Waals surface area contributed by atoms with Gasteiger partial charge in [-0.2, -0.15) is 5.26 Å². The van der Waals surface area contributed by atoms with Gasteiger partial charge in [0.2, 0.25) is 0 Å². The predicted molar refractivity (Wildman–Crippen MR) is 70.7 cm³/mol. The van der Waals surface area contributed by atoms with Crippen LogP contribution in [0.4, 0.5) is 0 Å². The van der Waals surface area contributed by atoms with Gasteiger partial charge in [0.15, 0.2) is 5.78 Å². The SMILES string of the molecule is COC(=O)C(C(C)=O)C(C#N)CC(=O)c1ccccc1. The van der Waals surface area contributed by atoms with Crippen LogP contribution in [0.2, 0.25) is 0 Å². The Labute approximate surface area is 117 Å². The molecule has 0 amide bonds. The van der Waals surface area contributed by atoms with Crippen LogP contribution in [0, 0.1) is 23.2 Å². The molecule has 1 aromatic rings. The van der Waals surface area contributed by atoms with E-state index in [1.54, 1.807) is 30.3 Å². The normalized spacial score (nSPS) is 12.8. The average Bonchev–Trinajstić information content (AvgIpc) is 2.46. The number of nitriles is 1. The quantitative estimate of drug-likeness (QED) is 0.448. The highest BCUT2D eigenvalue weighted by atomic mass is 16.5. The van der Waals surface area contributed by atoms with E-state index in [4.69, 9.17) is 5.26 Å². The summed E-state index contributed by atoms with van der Waals surface area (Å²) in [6, 6.07) is 10.3. The van der Waals surface area contributed by atoms with E-state index in [2.05, 4.69) is 4.74 Å². The number of hydrogen-bond acceptors (Lipinski definition) is 5. The summed E-state index contributed by atoms with van der Waals surface area (Å²) in [6.07, 6.45) is -0.195. The van der Waals surface area contributed by atoms with E-state index < -0.39 is 23.6 Å². The van der Waals surface area contributed by atoms with Crippen molar-refractivity contribution in [3.8, 4) is 6.07 Å². The van der Waals surface area contributed by atoms with Gasteiger partial charge in [0.1, 0.15) is 11.7 Å². The van der Waals surface area contributed by atoms with Crippen LogP contribution in [0.15, 0.2) is 30.3 Å². The molecule has 0 fully saturated rings. The molecule has 0 spiro atoms. The van der Waals surface area contributed by atoms with Crippen molar-refractivity contribution in [2.75, 3.05) is 7.11 Å². The topological polar surface area (TPSA) is 84.2 Å². The van der Waals surface area contributed by atoms with Gasteiger partial charge < -0.3 is 4.74 Å². The average molecular weight is 273 g/mol. The van der Waals surface area contributed by atoms with Crippen molar-refractivity contribution in [3.63, 3.8) is 0 Å². The smallest absolute Gasteiger partial charge is 0.317 e. The van der Waals surface area contributed by atoms with Crippen LogP contribution in [-0.2, 0) is 14.3 Å². The number of ether oxygens (including phenoxy) is 1. The molecule has 1 aromatic carbocycles. The first-order valence-corrected chi connectivity index (χ1v) is 6.07. The molecule has 0 aliphatic rings.